The number of non-ortho nitro benzene ring substituents is 1. The van der Waals surface area contributed by atoms with E-state index in [1.165, 1.54) is 23.1 Å². The lowest BCUT2D eigenvalue weighted by Crippen LogP contribution is -2.25. The molecule has 1 N–H and O–H groups in total. The summed E-state index contributed by atoms with van der Waals surface area (Å²) in [6.45, 7) is 0. The lowest BCUT2D eigenvalue weighted by atomic mass is 10.2. The molecule has 0 saturated carbocycles. The lowest BCUT2D eigenvalue weighted by Gasteiger charge is -2.14. The van der Waals surface area contributed by atoms with Crippen LogP contribution in [0.2, 0.25) is 0 Å². The second-order valence-electron chi connectivity index (χ2n) is 7.94. The molecule has 0 atom stereocenters. The van der Waals surface area contributed by atoms with Crippen LogP contribution in [0.25, 0.3) is 11.0 Å². The lowest BCUT2D eigenvalue weighted by molar-refractivity contribution is -0.385. The SMILES string of the molecule is CN(C)C(=O)Oc1cccc(Nc2nc3ccccc3nc2CS(=O)(=O)c2cccc([N+](=O)[O-])c2)c1. The van der Waals surface area contributed by atoms with Gasteiger partial charge in [-0.1, -0.05) is 24.3 Å². The van der Waals surface area contributed by atoms with E-state index in [1.807, 2.05) is 0 Å². The Kier molecular flexibility index (Phi) is 6.79. The zero-order valence-electron chi connectivity index (χ0n) is 19.3. The molecule has 1 heterocycles. The van der Waals surface area contributed by atoms with Crippen LogP contribution < -0.4 is 10.1 Å². The molecule has 12 heteroatoms. The molecule has 36 heavy (non-hydrogen) atoms. The number of para-hydroxylation sites is 2. The molecular weight excluding hydrogens is 486 g/mol. The first kappa shape index (κ1) is 24.5. The number of anilines is 2. The second-order valence-corrected chi connectivity index (χ2v) is 9.93. The number of carbonyl (C=O) groups excluding carboxylic acids is 1. The van der Waals surface area contributed by atoms with E-state index in [9.17, 15) is 23.3 Å². The zero-order valence-corrected chi connectivity index (χ0v) is 20.1. The first-order valence-electron chi connectivity index (χ1n) is 10.6. The Morgan fingerprint density at radius 3 is 2.39 bits per heavy atom. The highest BCUT2D eigenvalue weighted by Crippen LogP contribution is 2.28. The topological polar surface area (TPSA) is 145 Å². The van der Waals surface area contributed by atoms with Crippen molar-refractivity contribution in [1.29, 1.82) is 0 Å². The first-order chi connectivity index (χ1) is 17.1. The molecule has 1 amide bonds. The summed E-state index contributed by atoms with van der Waals surface area (Å²) in [5.41, 5.74) is 1.30. The number of benzene rings is 3. The third kappa shape index (κ3) is 5.55. The Labute approximate surface area is 206 Å². The first-order valence-corrected chi connectivity index (χ1v) is 12.3. The van der Waals surface area contributed by atoms with Crippen molar-refractivity contribution in [2.24, 2.45) is 0 Å². The van der Waals surface area contributed by atoms with Crippen LogP contribution in [0.3, 0.4) is 0 Å². The number of carbonyl (C=O) groups is 1. The Hall–Kier alpha value is -4.58. The fourth-order valence-electron chi connectivity index (χ4n) is 3.26. The summed E-state index contributed by atoms with van der Waals surface area (Å²) >= 11 is 0. The highest BCUT2D eigenvalue weighted by molar-refractivity contribution is 7.90. The van der Waals surface area contributed by atoms with Gasteiger partial charge in [0.2, 0.25) is 0 Å². The summed E-state index contributed by atoms with van der Waals surface area (Å²) in [4.78, 5) is 32.5. The normalized spacial score (nSPS) is 11.2. The van der Waals surface area contributed by atoms with Gasteiger partial charge in [0.1, 0.15) is 11.5 Å². The Balaban J connectivity index is 1.72. The van der Waals surface area contributed by atoms with Crippen molar-refractivity contribution < 1.29 is 22.9 Å². The largest absolute Gasteiger partial charge is 0.414 e. The number of hydrogen-bond donors (Lipinski definition) is 1. The van der Waals surface area contributed by atoms with Gasteiger partial charge >= 0.3 is 6.09 Å². The van der Waals surface area contributed by atoms with Crippen LogP contribution in [0.15, 0.2) is 77.7 Å². The van der Waals surface area contributed by atoms with Gasteiger partial charge in [0.15, 0.2) is 15.7 Å². The van der Waals surface area contributed by atoms with Crippen LogP contribution in [0.4, 0.5) is 22.0 Å². The predicted molar refractivity (Wildman–Crippen MR) is 133 cm³/mol. The fraction of sp³-hybridized carbons (Fsp3) is 0.125. The maximum atomic E-state index is 13.2. The van der Waals surface area contributed by atoms with E-state index >= 15 is 0 Å². The summed E-state index contributed by atoms with van der Waals surface area (Å²) in [5, 5.41) is 14.2. The third-order valence-corrected chi connectivity index (χ3v) is 6.65. The van der Waals surface area contributed by atoms with E-state index in [-0.39, 0.29) is 27.8 Å². The Morgan fingerprint density at radius 1 is 1.00 bits per heavy atom. The minimum atomic E-state index is -4.01. The molecule has 0 bridgehead atoms. The van der Waals surface area contributed by atoms with E-state index < -0.39 is 26.6 Å². The van der Waals surface area contributed by atoms with Gasteiger partial charge in [0, 0.05) is 38.0 Å². The van der Waals surface area contributed by atoms with E-state index in [1.54, 1.807) is 62.6 Å². The summed E-state index contributed by atoms with van der Waals surface area (Å²) in [5.74, 6) is -0.0964. The van der Waals surface area contributed by atoms with E-state index in [2.05, 4.69) is 15.3 Å². The van der Waals surface area contributed by atoms with Gasteiger partial charge < -0.3 is 15.0 Å². The average molecular weight is 508 g/mol. The number of amides is 1. The molecule has 0 aliphatic rings. The molecule has 4 aromatic rings. The molecule has 3 aromatic carbocycles. The number of rotatable bonds is 7. The van der Waals surface area contributed by atoms with Gasteiger partial charge in [-0.05, 0) is 30.3 Å². The van der Waals surface area contributed by atoms with E-state index in [4.69, 9.17) is 4.74 Å². The standard InChI is InChI=1S/C24H21N5O6S/c1-28(2)24(30)35-18-9-5-7-16(13-18)25-23-22(26-20-11-3-4-12-21(20)27-23)15-36(33,34)19-10-6-8-17(14-19)29(31)32/h3-14H,15H2,1-2H3,(H,25,27). The van der Waals surface area contributed by atoms with E-state index in [0.29, 0.717) is 16.7 Å². The van der Waals surface area contributed by atoms with Crippen molar-refractivity contribution in [2.75, 3.05) is 19.4 Å². The highest BCUT2D eigenvalue weighted by Gasteiger charge is 2.22. The maximum Gasteiger partial charge on any atom is 0.414 e. The molecular formula is C24H21N5O6S. The Morgan fingerprint density at radius 2 is 1.69 bits per heavy atom. The van der Waals surface area contributed by atoms with Crippen molar-refractivity contribution in [3.8, 4) is 5.75 Å². The molecule has 11 nitrogen and oxygen atoms in total. The van der Waals surface area contributed by atoms with Crippen LogP contribution in [0, 0.1) is 10.1 Å². The quantitative estimate of drug-likeness (QED) is 0.285. The number of nitro benzene ring substituents is 1. The molecule has 184 valence electrons. The molecule has 0 radical (unpaired) electrons. The van der Waals surface area contributed by atoms with Crippen molar-refractivity contribution in [3.05, 3.63) is 88.6 Å². The second kappa shape index (κ2) is 9.96. The average Bonchev–Trinajstić information content (AvgIpc) is 2.84. The third-order valence-electron chi connectivity index (χ3n) is 5.02. The van der Waals surface area contributed by atoms with Gasteiger partial charge in [-0.15, -0.1) is 0 Å². The summed E-state index contributed by atoms with van der Waals surface area (Å²) < 4.78 is 31.6. The van der Waals surface area contributed by atoms with Crippen molar-refractivity contribution in [3.63, 3.8) is 0 Å². The van der Waals surface area contributed by atoms with Crippen LogP contribution in [-0.4, -0.2) is 48.4 Å². The molecule has 0 spiro atoms. The number of hydrogen-bond acceptors (Lipinski definition) is 9. The summed E-state index contributed by atoms with van der Waals surface area (Å²) in [7, 11) is -0.891. The Bertz CT molecular complexity index is 1570. The molecule has 4 rings (SSSR count). The van der Waals surface area contributed by atoms with Gasteiger partial charge in [-0.2, -0.15) is 0 Å². The number of sulfone groups is 1. The van der Waals surface area contributed by atoms with Gasteiger partial charge in [0.05, 0.1) is 26.5 Å². The fourth-order valence-corrected chi connectivity index (χ4v) is 4.57. The van der Waals surface area contributed by atoms with Crippen LogP contribution in [-0.2, 0) is 15.6 Å². The maximum absolute atomic E-state index is 13.2. The van der Waals surface area contributed by atoms with Crippen molar-refractivity contribution >= 4 is 44.2 Å². The van der Waals surface area contributed by atoms with Crippen molar-refractivity contribution in [1.82, 2.24) is 14.9 Å². The van der Waals surface area contributed by atoms with Gasteiger partial charge in [-0.3, -0.25) is 10.1 Å². The minimum Gasteiger partial charge on any atom is -0.410 e. The van der Waals surface area contributed by atoms with Crippen LogP contribution in [0.1, 0.15) is 5.69 Å². The summed E-state index contributed by atoms with van der Waals surface area (Å²) in [6.07, 6.45) is -0.554. The number of aromatic nitrogens is 2. The van der Waals surface area contributed by atoms with Crippen LogP contribution in [0.5, 0.6) is 5.75 Å². The monoisotopic (exact) mass is 507 g/mol. The molecule has 0 aliphatic heterocycles. The molecule has 0 aliphatic carbocycles. The van der Waals surface area contributed by atoms with E-state index in [0.717, 1.165) is 6.07 Å². The predicted octanol–water partition coefficient (Wildman–Crippen LogP) is 4.32. The number of ether oxygens (including phenoxy) is 1. The zero-order chi connectivity index (χ0) is 25.9. The van der Waals surface area contributed by atoms with Gasteiger partial charge in [-0.25, -0.2) is 23.2 Å². The smallest absolute Gasteiger partial charge is 0.410 e. The number of nitrogens with one attached hydrogen (secondary N) is 1. The number of fused-ring (bicyclic) bond motifs is 1. The molecule has 1 aromatic heterocycles. The molecule has 0 unspecified atom stereocenters. The summed E-state index contributed by atoms with van der Waals surface area (Å²) in [6, 6.07) is 18.4. The van der Waals surface area contributed by atoms with Crippen LogP contribution >= 0.6 is 0 Å². The highest BCUT2D eigenvalue weighted by atomic mass is 32.2. The van der Waals surface area contributed by atoms with Gasteiger partial charge in [0.25, 0.3) is 5.69 Å². The minimum absolute atomic E-state index is 0.121. The molecule has 0 saturated heterocycles. The number of nitro groups is 1. The van der Waals surface area contributed by atoms with Crippen molar-refractivity contribution in [2.45, 2.75) is 10.6 Å². The molecule has 0 fully saturated rings. The number of nitrogens with zero attached hydrogens (tertiary/aromatic N) is 4.